The summed E-state index contributed by atoms with van der Waals surface area (Å²) < 4.78 is 0. The first kappa shape index (κ1) is 16.4. The molecule has 2 atom stereocenters. The smallest absolute Gasteiger partial charge is 0.105 e. The van der Waals surface area contributed by atoms with Crippen LogP contribution in [0.2, 0.25) is 0 Å². The van der Waals surface area contributed by atoms with Gasteiger partial charge in [0.2, 0.25) is 0 Å². The second-order valence-electron chi connectivity index (χ2n) is 6.49. The van der Waals surface area contributed by atoms with Crippen LogP contribution >= 0.6 is 0 Å². The quantitative estimate of drug-likeness (QED) is 0.822. The summed E-state index contributed by atoms with van der Waals surface area (Å²) in [5, 5.41) is 12.8. The van der Waals surface area contributed by atoms with Crippen molar-refractivity contribution in [2.45, 2.75) is 58.2 Å². The normalized spacial score (nSPS) is 25.8. The molecule has 4 nitrogen and oxygen atoms in total. The summed E-state index contributed by atoms with van der Waals surface area (Å²) in [5.74, 6) is 0. The molecule has 0 radical (unpaired) electrons. The highest BCUT2D eigenvalue weighted by Crippen LogP contribution is 2.15. The van der Waals surface area contributed by atoms with Crippen molar-refractivity contribution in [3.8, 4) is 6.07 Å². The van der Waals surface area contributed by atoms with Crippen molar-refractivity contribution in [1.29, 1.82) is 5.26 Å². The highest BCUT2D eigenvalue weighted by Gasteiger charge is 2.27. The highest BCUT2D eigenvalue weighted by molar-refractivity contribution is 5.04. The maximum Gasteiger partial charge on any atom is 0.105 e. The molecule has 1 saturated heterocycles. The third-order valence-corrected chi connectivity index (χ3v) is 3.94. The molecule has 0 amide bonds. The number of rotatable bonds is 5. The van der Waals surface area contributed by atoms with Crippen molar-refractivity contribution in [2.75, 3.05) is 33.2 Å². The molecule has 2 unspecified atom stereocenters. The van der Waals surface area contributed by atoms with Crippen molar-refractivity contribution < 1.29 is 0 Å². The topological polar surface area (TPSA) is 42.3 Å². The summed E-state index contributed by atoms with van der Waals surface area (Å²) >= 11 is 0. The molecule has 0 aromatic rings. The number of likely N-dealkylation sites (N-methyl/N-ethyl adjacent to an activating group) is 1. The highest BCUT2D eigenvalue weighted by atomic mass is 15.2. The average Bonchev–Trinajstić information content (AvgIpc) is 2.47. The molecule has 0 bridgehead atoms. The Morgan fingerprint density at radius 1 is 1.42 bits per heavy atom. The van der Waals surface area contributed by atoms with Crippen LogP contribution in [0.5, 0.6) is 0 Å². The van der Waals surface area contributed by atoms with Crippen molar-refractivity contribution in [3.63, 3.8) is 0 Å². The van der Waals surface area contributed by atoms with E-state index in [9.17, 15) is 5.26 Å². The van der Waals surface area contributed by atoms with Gasteiger partial charge in [-0.05, 0) is 60.7 Å². The van der Waals surface area contributed by atoms with Crippen LogP contribution in [0.4, 0.5) is 0 Å². The molecule has 1 aliphatic rings. The molecule has 0 spiro atoms. The molecule has 1 heterocycles. The molecular weight excluding hydrogens is 236 g/mol. The van der Waals surface area contributed by atoms with E-state index >= 15 is 0 Å². The van der Waals surface area contributed by atoms with Crippen LogP contribution in [-0.2, 0) is 0 Å². The summed E-state index contributed by atoms with van der Waals surface area (Å²) in [4.78, 5) is 4.93. The van der Waals surface area contributed by atoms with Crippen LogP contribution in [0.15, 0.2) is 0 Å². The minimum absolute atomic E-state index is 0.345. The van der Waals surface area contributed by atoms with Gasteiger partial charge in [0.25, 0.3) is 0 Å². The van der Waals surface area contributed by atoms with Gasteiger partial charge < -0.3 is 4.90 Å². The first-order chi connectivity index (χ1) is 8.86. The minimum Gasteiger partial charge on any atom is -0.305 e. The Balaban J connectivity index is 2.52. The van der Waals surface area contributed by atoms with E-state index in [-0.39, 0.29) is 0 Å². The van der Waals surface area contributed by atoms with Crippen LogP contribution in [-0.4, -0.2) is 60.6 Å². The predicted molar refractivity (Wildman–Crippen MR) is 80.1 cm³/mol. The maximum atomic E-state index is 9.39. The van der Waals surface area contributed by atoms with Crippen molar-refractivity contribution in [2.24, 2.45) is 0 Å². The van der Waals surface area contributed by atoms with E-state index in [2.05, 4.69) is 49.0 Å². The second-order valence-corrected chi connectivity index (χ2v) is 6.49. The molecule has 1 rings (SSSR count). The Bertz CT molecular complexity index is 310. The van der Waals surface area contributed by atoms with E-state index < -0.39 is 5.54 Å². The zero-order valence-electron chi connectivity index (χ0n) is 13.2. The fourth-order valence-corrected chi connectivity index (χ4v) is 2.92. The van der Waals surface area contributed by atoms with Crippen molar-refractivity contribution >= 4 is 0 Å². The zero-order valence-corrected chi connectivity index (χ0v) is 13.2. The predicted octanol–water partition coefficient (Wildman–Crippen LogP) is 1.68. The molecule has 0 saturated carbocycles. The lowest BCUT2D eigenvalue weighted by Crippen LogP contribution is -2.48. The first-order valence-electron chi connectivity index (χ1n) is 7.48. The molecular formula is C15H30N4. The molecule has 1 N–H and O–H groups in total. The van der Waals surface area contributed by atoms with E-state index in [1.165, 1.54) is 13.0 Å². The van der Waals surface area contributed by atoms with E-state index in [4.69, 9.17) is 0 Å². The van der Waals surface area contributed by atoms with E-state index in [1.54, 1.807) is 0 Å². The maximum absolute atomic E-state index is 9.39. The van der Waals surface area contributed by atoms with Crippen LogP contribution in [0.1, 0.15) is 40.5 Å². The van der Waals surface area contributed by atoms with Gasteiger partial charge in [-0.1, -0.05) is 0 Å². The lowest BCUT2D eigenvalue weighted by molar-refractivity contribution is 0.185. The number of hydrogen-bond acceptors (Lipinski definition) is 4. The summed E-state index contributed by atoms with van der Waals surface area (Å²) in [6, 6.07) is 3.36. The summed E-state index contributed by atoms with van der Waals surface area (Å²) in [6.07, 6.45) is 2.11. The molecule has 0 aromatic heterocycles. The van der Waals surface area contributed by atoms with Gasteiger partial charge in [0, 0.05) is 25.2 Å². The first-order valence-corrected chi connectivity index (χ1v) is 7.48. The van der Waals surface area contributed by atoms with E-state index in [0.717, 1.165) is 26.1 Å². The van der Waals surface area contributed by atoms with Gasteiger partial charge in [0.1, 0.15) is 5.54 Å². The monoisotopic (exact) mass is 266 g/mol. The molecule has 4 heteroatoms. The van der Waals surface area contributed by atoms with Crippen LogP contribution in [0, 0.1) is 11.3 Å². The minimum atomic E-state index is -0.411. The Hall–Kier alpha value is -0.630. The molecule has 0 aliphatic carbocycles. The Kier molecular flexibility index (Phi) is 6.25. The molecule has 19 heavy (non-hydrogen) atoms. The summed E-state index contributed by atoms with van der Waals surface area (Å²) in [6.45, 7) is 13.0. The number of nitrogens with zero attached hydrogens (tertiary/aromatic N) is 3. The third-order valence-electron chi connectivity index (χ3n) is 3.94. The van der Waals surface area contributed by atoms with Crippen LogP contribution in [0.3, 0.4) is 0 Å². The second kappa shape index (κ2) is 7.23. The third kappa shape index (κ3) is 5.48. The largest absolute Gasteiger partial charge is 0.305 e. The number of nitriles is 1. The van der Waals surface area contributed by atoms with Gasteiger partial charge in [-0.25, -0.2) is 0 Å². The molecule has 110 valence electrons. The number of hydrogen-bond donors (Lipinski definition) is 1. The van der Waals surface area contributed by atoms with Crippen LogP contribution < -0.4 is 5.32 Å². The van der Waals surface area contributed by atoms with Gasteiger partial charge in [0.05, 0.1) is 6.07 Å². The average molecular weight is 266 g/mol. The van der Waals surface area contributed by atoms with Gasteiger partial charge in [-0.15, -0.1) is 0 Å². The lowest BCUT2D eigenvalue weighted by Gasteiger charge is -2.32. The van der Waals surface area contributed by atoms with E-state index in [1.807, 2.05) is 6.92 Å². The van der Waals surface area contributed by atoms with E-state index in [0.29, 0.717) is 12.1 Å². The Morgan fingerprint density at radius 2 is 2.11 bits per heavy atom. The molecule has 0 aromatic carbocycles. The Labute approximate surface area is 118 Å². The molecule has 1 aliphatic heterocycles. The van der Waals surface area contributed by atoms with Gasteiger partial charge in [-0.3, -0.25) is 10.2 Å². The van der Waals surface area contributed by atoms with Crippen molar-refractivity contribution in [3.05, 3.63) is 0 Å². The molecule has 1 fully saturated rings. The zero-order chi connectivity index (χ0) is 14.5. The number of nitrogens with one attached hydrogen (secondary N) is 1. The SMILES string of the molecule is CC(C)NC(C)(C#N)CCN1CCCN(C)CC1C. The fourth-order valence-electron chi connectivity index (χ4n) is 2.92. The van der Waals surface area contributed by atoms with Crippen LogP contribution in [0.25, 0.3) is 0 Å². The Morgan fingerprint density at radius 3 is 2.68 bits per heavy atom. The van der Waals surface area contributed by atoms with Crippen molar-refractivity contribution in [1.82, 2.24) is 15.1 Å². The summed E-state index contributed by atoms with van der Waals surface area (Å²) in [7, 11) is 2.19. The standard InChI is InChI=1S/C15H30N4/c1-13(2)17-15(4,12-16)7-10-19-9-6-8-18(5)11-14(19)3/h13-14,17H,6-11H2,1-5H3. The lowest BCUT2D eigenvalue weighted by atomic mass is 9.98. The van der Waals surface area contributed by atoms with Gasteiger partial charge in [0.15, 0.2) is 0 Å². The summed E-state index contributed by atoms with van der Waals surface area (Å²) in [5.41, 5.74) is -0.411. The van der Waals surface area contributed by atoms with Gasteiger partial charge >= 0.3 is 0 Å². The van der Waals surface area contributed by atoms with Gasteiger partial charge in [-0.2, -0.15) is 5.26 Å². The fraction of sp³-hybridized carbons (Fsp3) is 0.933.